The van der Waals surface area contributed by atoms with E-state index < -0.39 is 0 Å². The van der Waals surface area contributed by atoms with E-state index in [1.165, 1.54) is 0 Å². The third-order valence-electron chi connectivity index (χ3n) is 2.89. The number of thiazole rings is 1. The highest BCUT2D eigenvalue weighted by molar-refractivity contribution is 7.17. The number of halogens is 1. The molecule has 2 heterocycles. The molecular weight excluding hydrogens is 310 g/mol. The molecule has 0 unspecified atom stereocenters. The minimum atomic E-state index is 0.481. The maximum Gasteiger partial charge on any atom is 0.124 e. The van der Waals surface area contributed by atoms with Gasteiger partial charge >= 0.3 is 0 Å². The zero-order valence-corrected chi connectivity index (χ0v) is 13.2. The maximum absolute atomic E-state index is 6.06. The summed E-state index contributed by atoms with van der Waals surface area (Å²) in [6.45, 7) is 0. The summed E-state index contributed by atoms with van der Waals surface area (Å²) in [7, 11) is 1.67. The molecule has 3 rings (SSSR count). The maximum atomic E-state index is 6.06. The molecule has 0 aliphatic carbocycles. The molecule has 20 heavy (non-hydrogen) atoms. The summed E-state index contributed by atoms with van der Waals surface area (Å²) >= 11 is 9.38. The van der Waals surface area contributed by atoms with Crippen LogP contribution in [0.25, 0.3) is 21.1 Å². The van der Waals surface area contributed by atoms with E-state index in [0.717, 1.165) is 31.8 Å². The van der Waals surface area contributed by atoms with Gasteiger partial charge in [-0.2, -0.15) is 0 Å². The molecule has 2 nitrogen and oxygen atoms in total. The van der Waals surface area contributed by atoms with Crippen molar-refractivity contribution in [3.05, 3.63) is 46.7 Å². The molecule has 0 saturated heterocycles. The van der Waals surface area contributed by atoms with Gasteiger partial charge in [0.1, 0.15) is 10.8 Å². The number of rotatable bonds is 4. The quantitative estimate of drug-likeness (QED) is 0.609. The van der Waals surface area contributed by atoms with Crippen molar-refractivity contribution in [3.63, 3.8) is 0 Å². The Hall–Kier alpha value is -1.36. The van der Waals surface area contributed by atoms with E-state index >= 15 is 0 Å². The molecule has 0 radical (unpaired) electrons. The first kappa shape index (κ1) is 13.6. The predicted molar refractivity (Wildman–Crippen MR) is 87.0 cm³/mol. The van der Waals surface area contributed by atoms with Gasteiger partial charge in [0.15, 0.2) is 0 Å². The number of alkyl halides is 1. The SMILES string of the molecule is COc1cccc(-c2nc(-c3cccs3)c(CCl)s2)c1. The van der Waals surface area contributed by atoms with Gasteiger partial charge in [0.25, 0.3) is 0 Å². The molecule has 102 valence electrons. The molecule has 2 aromatic heterocycles. The van der Waals surface area contributed by atoms with Gasteiger partial charge in [-0.25, -0.2) is 4.98 Å². The van der Waals surface area contributed by atoms with Crippen LogP contribution in [0.1, 0.15) is 4.88 Å². The van der Waals surface area contributed by atoms with Crippen molar-refractivity contribution < 1.29 is 4.74 Å². The molecule has 0 fully saturated rings. The monoisotopic (exact) mass is 321 g/mol. The standard InChI is InChI=1S/C15H12ClNOS2/c1-18-11-5-2-4-10(8-11)15-17-14(13(9-16)20-15)12-6-3-7-19-12/h2-8H,9H2,1H3. The number of nitrogens with zero attached hydrogens (tertiary/aromatic N) is 1. The topological polar surface area (TPSA) is 22.1 Å². The van der Waals surface area contributed by atoms with Crippen molar-refractivity contribution >= 4 is 34.3 Å². The summed E-state index contributed by atoms with van der Waals surface area (Å²) in [5, 5.41) is 3.03. The summed E-state index contributed by atoms with van der Waals surface area (Å²) in [5.41, 5.74) is 2.06. The van der Waals surface area contributed by atoms with Gasteiger partial charge in [0.05, 0.1) is 23.6 Å². The second kappa shape index (κ2) is 5.95. The molecule has 3 aromatic rings. The molecular formula is C15H12ClNOS2. The Morgan fingerprint density at radius 3 is 2.85 bits per heavy atom. The molecule has 0 saturated carbocycles. The van der Waals surface area contributed by atoms with Crippen molar-refractivity contribution in [2.45, 2.75) is 5.88 Å². The van der Waals surface area contributed by atoms with Crippen LogP contribution in [0, 0.1) is 0 Å². The molecule has 0 aliphatic rings. The van der Waals surface area contributed by atoms with Gasteiger partial charge in [-0.05, 0) is 23.6 Å². The van der Waals surface area contributed by atoms with Gasteiger partial charge in [-0.1, -0.05) is 18.2 Å². The summed E-state index contributed by atoms with van der Waals surface area (Å²) in [6, 6.07) is 12.0. The number of benzene rings is 1. The minimum absolute atomic E-state index is 0.481. The normalized spacial score (nSPS) is 10.7. The number of thiophene rings is 1. The van der Waals surface area contributed by atoms with Gasteiger partial charge in [0.2, 0.25) is 0 Å². The number of aromatic nitrogens is 1. The molecule has 5 heteroatoms. The van der Waals surface area contributed by atoms with E-state index in [1.807, 2.05) is 30.3 Å². The minimum Gasteiger partial charge on any atom is -0.497 e. The molecule has 1 aromatic carbocycles. The van der Waals surface area contributed by atoms with Crippen LogP contribution in [0.15, 0.2) is 41.8 Å². The summed E-state index contributed by atoms with van der Waals surface area (Å²) in [5.74, 6) is 1.32. The first-order chi connectivity index (χ1) is 9.81. The smallest absolute Gasteiger partial charge is 0.124 e. The summed E-state index contributed by atoms with van der Waals surface area (Å²) in [6.07, 6.45) is 0. The zero-order chi connectivity index (χ0) is 13.9. The molecule has 0 spiro atoms. The number of hydrogen-bond donors (Lipinski definition) is 0. The first-order valence-electron chi connectivity index (χ1n) is 6.06. The van der Waals surface area contributed by atoms with E-state index in [2.05, 4.69) is 11.4 Å². The number of hydrogen-bond acceptors (Lipinski definition) is 4. The molecule has 0 atom stereocenters. The second-order valence-electron chi connectivity index (χ2n) is 4.13. The molecule has 0 amide bonds. The lowest BCUT2D eigenvalue weighted by molar-refractivity contribution is 0.415. The largest absolute Gasteiger partial charge is 0.497 e. The average molecular weight is 322 g/mol. The Balaban J connectivity index is 2.06. The van der Waals surface area contributed by atoms with E-state index in [-0.39, 0.29) is 0 Å². The highest BCUT2D eigenvalue weighted by atomic mass is 35.5. The van der Waals surface area contributed by atoms with Crippen LogP contribution in [-0.2, 0) is 5.88 Å². The Morgan fingerprint density at radius 1 is 1.25 bits per heavy atom. The van der Waals surface area contributed by atoms with E-state index in [0.29, 0.717) is 5.88 Å². The van der Waals surface area contributed by atoms with Crippen LogP contribution >= 0.6 is 34.3 Å². The predicted octanol–water partition coefficient (Wildman–Crippen LogP) is 5.29. The lowest BCUT2D eigenvalue weighted by Crippen LogP contribution is -1.83. The Kier molecular flexibility index (Phi) is 4.05. The van der Waals surface area contributed by atoms with Crippen LogP contribution in [0.3, 0.4) is 0 Å². The van der Waals surface area contributed by atoms with Crippen molar-refractivity contribution in [2.24, 2.45) is 0 Å². The van der Waals surface area contributed by atoms with Crippen LogP contribution in [-0.4, -0.2) is 12.1 Å². The Morgan fingerprint density at radius 2 is 2.15 bits per heavy atom. The molecule has 0 N–H and O–H groups in total. The van der Waals surface area contributed by atoms with Gasteiger partial charge in [0, 0.05) is 10.4 Å². The van der Waals surface area contributed by atoms with Gasteiger partial charge < -0.3 is 4.74 Å². The zero-order valence-electron chi connectivity index (χ0n) is 10.8. The Labute approximate surface area is 130 Å². The highest BCUT2D eigenvalue weighted by Gasteiger charge is 2.14. The summed E-state index contributed by atoms with van der Waals surface area (Å²) < 4.78 is 5.26. The third-order valence-corrected chi connectivity index (χ3v) is 5.30. The van der Waals surface area contributed by atoms with E-state index in [9.17, 15) is 0 Å². The first-order valence-corrected chi connectivity index (χ1v) is 8.29. The number of ether oxygens (including phenoxy) is 1. The fourth-order valence-electron chi connectivity index (χ4n) is 1.93. The average Bonchev–Trinajstić information content (AvgIpc) is 3.15. The van der Waals surface area contributed by atoms with Gasteiger partial charge in [-0.15, -0.1) is 34.3 Å². The highest BCUT2D eigenvalue weighted by Crippen LogP contribution is 2.37. The van der Waals surface area contributed by atoms with Crippen LogP contribution in [0.2, 0.25) is 0 Å². The van der Waals surface area contributed by atoms with Crippen molar-refractivity contribution in [2.75, 3.05) is 7.11 Å². The fraction of sp³-hybridized carbons (Fsp3) is 0.133. The van der Waals surface area contributed by atoms with E-state index in [1.54, 1.807) is 29.8 Å². The van der Waals surface area contributed by atoms with Crippen LogP contribution < -0.4 is 4.74 Å². The summed E-state index contributed by atoms with van der Waals surface area (Å²) in [4.78, 5) is 7.02. The lowest BCUT2D eigenvalue weighted by atomic mass is 10.2. The molecule has 0 aliphatic heterocycles. The number of methoxy groups -OCH3 is 1. The van der Waals surface area contributed by atoms with Crippen LogP contribution in [0.5, 0.6) is 5.75 Å². The lowest BCUT2D eigenvalue weighted by Gasteiger charge is -2.01. The third kappa shape index (κ3) is 2.59. The van der Waals surface area contributed by atoms with Crippen LogP contribution in [0.4, 0.5) is 0 Å². The molecule has 0 bridgehead atoms. The van der Waals surface area contributed by atoms with Crippen molar-refractivity contribution in [3.8, 4) is 26.9 Å². The fourth-order valence-corrected chi connectivity index (χ4v) is 3.95. The Bertz CT molecular complexity index is 706. The van der Waals surface area contributed by atoms with Gasteiger partial charge in [-0.3, -0.25) is 0 Å². The second-order valence-corrected chi connectivity index (χ2v) is 6.43. The van der Waals surface area contributed by atoms with E-state index in [4.69, 9.17) is 21.3 Å². The van der Waals surface area contributed by atoms with Crippen molar-refractivity contribution in [1.29, 1.82) is 0 Å². The van der Waals surface area contributed by atoms with Crippen molar-refractivity contribution in [1.82, 2.24) is 4.98 Å².